The zero-order valence-corrected chi connectivity index (χ0v) is 11.8. The third-order valence-electron chi connectivity index (χ3n) is 3.27. The van der Waals surface area contributed by atoms with Gasteiger partial charge in [0, 0.05) is 18.7 Å². The molecule has 98 valence electrons. The molecule has 18 heavy (non-hydrogen) atoms. The number of hydrogen-bond donors (Lipinski definition) is 1. The van der Waals surface area contributed by atoms with E-state index in [1.807, 2.05) is 4.90 Å². The van der Waals surface area contributed by atoms with Crippen molar-refractivity contribution in [3.63, 3.8) is 0 Å². The van der Waals surface area contributed by atoms with Crippen molar-refractivity contribution in [1.29, 1.82) is 0 Å². The number of carbonyl (C=O) groups is 1. The highest BCUT2D eigenvalue weighted by molar-refractivity contribution is 6.39. The average Bonchev–Trinajstić information content (AvgIpc) is 2.34. The predicted octanol–water partition coefficient (Wildman–Crippen LogP) is 3.45. The fourth-order valence-electron chi connectivity index (χ4n) is 2.26. The van der Waals surface area contributed by atoms with Gasteiger partial charge in [0.25, 0.3) is 5.91 Å². The van der Waals surface area contributed by atoms with Crippen LogP contribution in [0.2, 0.25) is 10.0 Å². The van der Waals surface area contributed by atoms with Crippen LogP contribution in [0, 0.1) is 5.92 Å². The highest BCUT2D eigenvalue weighted by Gasteiger charge is 2.23. The lowest BCUT2D eigenvalue weighted by Gasteiger charge is -2.31. The van der Waals surface area contributed by atoms with Gasteiger partial charge in [0.2, 0.25) is 0 Å². The molecule has 0 bridgehead atoms. The standard InChI is InChI=1S/C13H16Cl2N2O/c1-8-3-2-4-17(7-8)13(18)9-5-10(14)12(16)11(15)6-9/h5-6,8H,2-4,7,16H2,1H3. The molecule has 1 unspecified atom stereocenters. The average molecular weight is 287 g/mol. The van der Waals surface area contributed by atoms with Crippen LogP contribution in [0.15, 0.2) is 12.1 Å². The summed E-state index contributed by atoms with van der Waals surface area (Å²) in [6.07, 6.45) is 2.22. The quantitative estimate of drug-likeness (QED) is 0.804. The van der Waals surface area contributed by atoms with Gasteiger partial charge in [-0.05, 0) is 30.9 Å². The predicted molar refractivity (Wildman–Crippen MR) is 75.2 cm³/mol. The molecule has 3 nitrogen and oxygen atoms in total. The van der Waals surface area contributed by atoms with Crippen LogP contribution >= 0.6 is 23.2 Å². The maximum absolute atomic E-state index is 12.3. The minimum Gasteiger partial charge on any atom is -0.396 e. The maximum atomic E-state index is 12.3. The van der Waals surface area contributed by atoms with Gasteiger partial charge >= 0.3 is 0 Å². The Morgan fingerprint density at radius 2 is 2.00 bits per heavy atom. The number of carbonyl (C=O) groups excluding carboxylic acids is 1. The van der Waals surface area contributed by atoms with Gasteiger partial charge in [-0.2, -0.15) is 0 Å². The largest absolute Gasteiger partial charge is 0.396 e. The highest BCUT2D eigenvalue weighted by Crippen LogP contribution is 2.30. The van der Waals surface area contributed by atoms with Gasteiger partial charge in [-0.1, -0.05) is 30.1 Å². The fourth-order valence-corrected chi connectivity index (χ4v) is 2.75. The summed E-state index contributed by atoms with van der Waals surface area (Å²) in [5, 5.41) is 0.659. The summed E-state index contributed by atoms with van der Waals surface area (Å²) in [5.74, 6) is 0.521. The molecule has 1 amide bonds. The molecule has 1 saturated heterocycles. The molecule has 0 spiro atoms. The highest BCUT2D eigenvalue weighted by atomic mass is 35.5. The van der Waals surface area contributed by atoms with Gasteiger partial charge in [0.05, 0.1) is 15.7 Å². The second kappa shape index (κ2) is 5.37. The summed E-state index contributed by atoms with van der Waals surface area (Å²) < 4.78 is 0. The van der Waals surface area contributed by atoms with Crippen LogP contribution in [0.3, 0.4) is 0 Å². The smallest absolute Gasteiger partial charge is 0.253 e. The van der Waals surface area contributed by atoms with Crippen molar-refractivity contribution in [2.45, 2.75) is 19.8 Å². The summed E-state index contributed by atoms with van der Waals surface area (Å²) in [5.41, 5.74) is 6.49. The Morgan fingerprint density at radius 1 is 1.39 bits per heavy atom. The number of anilines is 1. The van der Waals surface area contributed by atoms with Gasteiger partial charge < -0.3 is 10.6 Å². The van der Waals surface area contributed by atoms with E-state index in [1.54, 1.807) is 12.1 Å². The Bertz CT molecular complexity index is 453. The molecule has 5 heteroatoms. The van der Waals surface area contributed by atoms with Crippen molar-refractivity contribution in [3.8, 4) is 0 Å². The fraction of sp³-hybridized carbons (Fsp3) is 0.462. The van der Waals surface area contributed by atoms with E-state index < -0.39 is 0 Å². The maximum Gasteiger partial charge on any atom is 0.253 e. The van der Waals surface area contributed by atoms with Crippen LogP contribution in [-0.4, -0.2) is 23.9 Å². The first kappa shape index (κ1) is 13.5. The van der Waals surface area contributed by atoms with E-state index >= 15 is 0 Å². The zero-order chi connectivity index (χ0) is 13.3. The number of rotatable bonds is 1. The molecule has 1 aromatic carbocycles. The Labute approximate surface area is 117 Å². The molecule has 1 atom stereocenters. The molecular weight excluding hydrogens is 271 g/mol. The topological polar surface area (TPSA) is 46.3 Å². The van der Waals surface area contributed by atoms with Crippen LogP contribution in [0.4, 0.5) is 5.69 Å². The van der Waals surface area contributed by atoms with Crippen molar-refractivity contribution in [3.05, 3.63) is 27.7 Å². The van der Waals surface area contributed by atoms with E-state index in [1.165, 1.54) is 6.42 Å². The number of halogens is 2. The van der Waals surface area contributed by atoms with Crippen molar-refractivity contribution in [1.82, 2.24) is 4.90 Å². The normalized spacial score (nSPS) is 19.9. The lowest BCUT2D eigenvalue weighted by molar-refractivity contribution is 0.0683. The number of piperidine rings is 1. The molecule has 1 heterocycles. The molecule has 0 aliphatic carbocycles. The first-order valence-corrected chi connectivity index (χ1v) is 6.78. The van der Waals surface area contributed by atoms with Crippen molar-refractivity contribution >= 4 is 34.8 Å². The molecule has 0 radical (unpaired) electrons. The minimum absolute atomic E-state index is 0.0228. The third-order valence-corrected chi connectivity index (χ3v) is 3.90. The van der Waals surface area contributed by atoms with Gasteiger partial charge in [0.1, 0.15) is 0 Å². The Balaban J connectivity index is 2.23. The van der Waals surface area contributed by atoms with Gasteiger partial charge in [-0.3, -0.25) is 4.79 Å². The summed E-state index contributed by atoms with van der Waals surface area (Å²) in [6.45, 7) is 3.74. The molecule has 0 aromatic heterocycles. The summed E-state index contributed by atoms with van der Waals surface area (Å²) >= 11 is 11.9. The van der Waals surface area contributed by atoms with Crippen molar-refractivity contribution < 1.29 is 4.79 Å². The number of hydrogen-bond acceptors (Lipinski definition) is 2. The number of nitrogen functional groups attached to an aromatic ring is 1. The first-order chi connectivity index (χ1) is 8.49. The number of nitrogens with two attached hydrogens (primary N) is 1. The van der Waals surface area contributed by atoms with E-state index in [-0.39, 0.29) is 5.91 Å². The molecule has 1 aliphatic rings. The Morgan fingerprint density at radius 3 is 2.56 bits per heavy atom. The van der Waals surface area contributed by atoms with Crippen LogP contribution in [-0.2, 0) is 0 Å². The van der Waals surface area contributed by atoms with E-state index in [2.05, 4.69) is 6.92 Å². The van der Waals surface area contributed by atoms with Crippen LogP contribution < -0.4 is 5.73 Å². The van der Waals surface area contributed by atoms with Gasteiger partial charge in [0.15, 0.2) is 0 Å². The van der Waals surface area contributed by atoms with Gasteiger partial charge in [-0.15, -0.1) is 0 Å². The third kappa shape index (κ3) is 2.73. The Kier molecular flexibility index (Phi) is 4.03. The van der Waals surface area contributed by atoms with E-state index in [0.717, 1.165) is 19.5 Å². The molecule has 1 aliphatic heterocycles. The molecule has 1 fully saturated rings. The van der Waals surface area contributed by atoms with Gasteiger partial charge in [-0.25, -0.2) is 0 Å². The lowest BCUT2D eigenvalue weighted by atomic mass is 9.99. The number of amides is 1. The number of benzene rings is 1. The number of likely N-dealkylation sites (tertiary alicyclic amines) is 1. The number of nitrogens with zero attached hydrogens (tertiary/aromatic N) is 1. The lowest BCUT2D eigenvalue weighted by Crippen LogP contribution is -2.39. The van der Waals surface area contributed by atoms with Crippen LogP contribution in [0.25, 0.3) is 0 Å². The van der Waals surface area contributed by atoms with Crippen LogP contribution in [0.5, 0.6) is 0 Å². The molecule has 1 aromatic rings. The SMILES string of the molecule is CC1CCCN(C(=O)c2cc(Cl)c(N)c(Cl)c2)C1. The van der Waals surface area contributed by atoms with E-state index in [0.29, 0.717) is 27.2 Å². The summed E-state index contributed by atoms with van der Waals surface area (Å²) in [7, 11) is 0. The summed E-state index contributed by atoms with van der Waals surface area (Å²) in [4.78, 5) is 14.2. The Hall–Kier alpha value is -0.930. The monoisotopic (exact) mass is 286 g/mol. The van der Waals surface area contributed by atoms with E-state index in [9.17, 15) is 4.79 Å². The first-order valence-electron chi connectivity index (χ1n) is 6.03. The zero-order valence-electron chi connectivity index (χ0n) is 10.2. The summed E-state index contributed by atoms with van der Waals surface area (Å²) in [6, 6.07) is 3.18. The minimum atomic E-state index is -0.0228. The van der Waals surface area contributed by atoms with E-state index in [4.69, 9.17) is 28.9 Å². The molecule has 2 rings (SSSR count). The molecule has 0 saturated carbocycles. The van der Waals surface area contributed by atoms with Crippen molar-refractivity contribution in [2.24, 2.45) is 5.92 Å². The second-order valence-corrected chi connectivity index (χ2v) is 5.67. The second-order valence-electron chi connectivity index (χ2n) is 4.85. The molecule has 2 N–H and O–H groups in total. The van der Waals surface area contributed by atoms with Crippen molar-refractivity contribution in [2.75, 3.05) is 18.8 Å². The molecular formula is C13H16Cl2N2O. The van der Waals surface area contributed by atoms with Crippen LogP contribution in [0.1, 0.15) is 30.1 Å².